The molecule has 0 aromatic heterocycles. The number of amides is 4. The van der Waals surface area contributed by atoms with E-state index in [9.17, 15) is 29.1 Å². The van der Waals surface area contributed by atoms with E-state index in [-0.39, 0.29) is 36.1 Å². The van der Waals surface area contributed by atoms with Crippen LogP contribution in [0.1, 0.15) is 81.6 Å². The lowest BCUT2D eigenvalue weighted by molar-refractivity contribution is -0.141. The van der Waals surface area contributed by atoms with Crippen LogP contribution in [-0.2, 0) is 28.7 Å². The minimum absolute atomic E-state index is 0.0952. The Bertz CT molecular complexity index is 887. The Hall–Kier alpha value is -2.53. The summed E-state index contributed by atoms with van der Waals surface area (Å²) in [6, 6.07) is -4.00. The SMILES string of the molecule is CC[C@H](C)[C@H](NC(=O)[C@H]([C@@H](C)CC)N(C)C(C)=O)C(=O)N[C@@H](C(=O)N[C@@H](CC(C)C)C(=O)[C@@]1(C)CO1)[C@@H](C)O. The third kappa shape index (κ3) is 9.56. The van der Waals surface area contributed by atoms with E-state index in [1.54, 1.807) is 20.9 Å². The van der Waals surface area contributed by atoms with Crippen LogP contribution in [0.3, 0.4) is 0 Å². The summed E-state index contributed by atoms with van der Waals surface area (Å²) >= 11 is 0. The monoisotopic (exact) mass is 554 g/mol. The zero-order chi connectivity index (χ0) is 30.2. The van der Waals surface area contributed by atoms with Gasteiger partial charge in [0.1, 0.15) is 23.7 Å². The molecule has 0 unspecified atom stereocenters. The van der Waals surface area contributed by atoms with E-state index >= 15 is 0 Å². The zero-order valence-electron chi connectivity index (χ0n) is 25.3. The molecule has 224 valence electrons. The molecule has 11 heteroatoms. The molecule has 0 saturated carbocycles. The maximum atomic E-state index is 13.4. The molecule has 4 N–H and O–H groups in total. The maximum Gasteiger partial charge on any atom is 0.245 e. The van der Waals surface area contributed by atoms with Crippen molar-refractivity contribution in [3.63, 3.8) is 0 Å². The number of nitrogens with one attached hydrogen (secondary N) is 3. The highest BCUT2D eigenvalue weighted by atomic mass is 16.6. The Morgan fingerprint density at radius 1 is 0.872 bits per heavy atom. The summed E-state index contributed by atoms with van der Waals surface area (Å²) in [5, 5.41) is 18.5. The van der Waals surface area contributed by atoms with Gasteiger partial charge in [-0.1, -0.05) is 54.4 Å². The molecule has 0 spiro atoms. The summed E-state index contributed by atoms with van der Waals surface area (Å²) in [5.41, 5.74) is -0.943. The van der Waals surface area contributed by atoms with Crippen LogP contribution in [0.2, 0.25) is 0 Å². The molecule has 1 saturated heterocycles. The topological polar surface area (TPSA) is 157 Å². The first-order chi connectivity index (χ1) is 18.0. The third-order valence-corrected chi connectivity index (χ3v) is 7.66. The Morgan fingerprint density at radius 2 is 1.36 bits per heavy atom. The second kappa shape index (κ2) is 14.7. The lowest BCUT2D eigenvalue weighted by Gasteiger charge is -2.34. The van der Waals surface area contributed by atoms with Gasteiger partial charge in [-0.05, 0) is 38.0 Å². The molecular weight excluding hydrogens is 504 g/mol. The van der Waals surface area contributed by atoms with Gasteiger partial charge in [0.05, 0.1) is 18.8 Å². The molecule has 0 aromatic rings. The van der Waals surface area contributed by atoms with E-state index in [0.717, 1.165) is 0 Å². The minimum atomic E-state index is -1.36. The summed E-state index contributed by atoms with van der Waals surface area (Å²) < 4.78 is 5.27. The van der Waals surface area contributed by atoms with Crippen LogP contribution < -0.4 is 16.0 Å². The second-order valence-corrected chi connectivity index (χ2v) is 11.6. The van der Waals surface area contributed by atoms with Crippen LogP contribution in [0, 0.1) is 17.8 Å². The number of epoxide rings is 1. The van der Waals surface area contributed by atoms with Crippen LogP contribution in [0.5, 0.6) is 0 Å². The van der Waals surface area contributed by atoms with Gasteiger partial charge in [0.25, 0.3) is 0 Å². The van der Waals surface area contributed by atoms with E-state index in [1.165, 1.54) is 18.7 Å². The van der Waals surface area contributed by atoms with Crippen molar-refractivity contribution in [3.8, 4) is 0 Å². The smallest absolute Gasteiger partial charge is 0.245 e. The molecule has 1 rings (SSSR count). The standard InChI is InChI=1S/C28H50N4O7/c1-11-16(5)21(30-27(38)23(17(6)12-2)32(10)19(8)34)25(36)31-22(18(7)33)26(37)29-20(13-15(3)4)24(35)28(9)14-39-28/h15-18,20-23,33H,11-14H2,1-10H3,(H,29,37)(H,30,38)(H,31,36)/t16-,17-,18+,20-,21-,22+,23-,28+/m0/s1. The van der Waals surface area contributed by atoms with E-state index in [0.29, 0.717) is 19.3 Å². The molecule has 1 fully saturated rings. The van der Waals surface area contributed by atoms with Crippen LogP contribution >= 0.6 is 0 Å². The van der Waals surface area contributed by atoms with Gasteiger partial charge in [0.2, 0.25) is 23.6 Å². The average molecular weight is 555 g/mol. The first kappa shape index (κ1) is 34.5. The number of ether oxygens (including phenoxy) is 1. The van der Waals surface area contributed by atoms with Gasteiger partial charge in [0, 0.05) is 14.0 Å². The van der Waals surface area contributed by atoms with Crippen LogP contribution in [0.15, 0.2) is 0 Å². The molecule has 0 aromatic carbocycles. The molecule has 11 nitrogen and oxygen atoms in total. The third-order valence-electron chi connectivity index (χ3n) is 7.66. The lowest BCUT2D eigenvalue weighted by atomic mass is 9.92. The van der Waals surface area contributed by atoms with Crippen molar-refractivity contribution in [1.29, 1.82) is 0 Å². The van der Waals surface area contributed by atoms with Gasteiger partial charge in [-0.25, -0.2) is 0 Å². The van der Waals surface area contributed by atoms with Gasteiger partial charge in [0.15, 0.2) is 5.78 Å². The van der Waals surface area contributed by atoms with E-state index in [2.05, 4.69) is 16.0 Å². The fourth-order valence-corrected chi connectivity index (χ4v) is 4.41. The fraction of sp³-hybridized carbons (Fsp3) is 0.821. The van der Waals surface area contributed by atoms with Crippen molar-refractivity contribution in [3.05, 3.63) is 0 Å². The number of ketones is 1. The predicted octanol–water partition coefficient (Wildman–Crippen LogP) is 1.16. The Balaban J connectivity index is 3.15. The number of hydrogen-bond donors (Lipinski definition) is 4. The molecule has 4 amide bonds. The number of nitrogens with zero attached hydrogens (tertiary/aromatic N) is 1. The molecule has 0 radical (unpaired) electrons. The second-order valence-electron chi connectivity index (χ2n) is 11.6. The van der Waals surface area contributed by atoms with Crippen molar-refractivity contribution >= 4 is 29.4 Å². The Labute approximate surface area is 233 Å². The van der Waals surface area contributed by atoms with E-state index < -0.39 is 53.6 Å². The summed E-state index contributed by atoms with van der Waals surface area (Å²) in [5.74, 6) is -2.73. The van der Waals surface area contributed by atoms with Crippen molar-refractivity contribution in [2.45, 2.75) is 117 Å². The number of carbonyl (C=O) groups excluding carboxylic acids is 5. The van der Waals surface area contributed by atoms with Crippen molar-refractivity contribution in [2.24, 2.45) is 17.8 Å². The molecule has 0 aliphatic carbocycles. The first-order valence-electron chi connectivity index (χ1n) is 14.0. The molecule has 1 aliphatic rings. The van der Waals surface area contributed by atoms with Crippen molar-refractivity contribution in [2.75, 3.05) is 13.7 Å². The lowest BCUT2D eigenvalue weighted by Crippen LogP contribution is -2.62. The molecule has 1 heterocycles. The van der Waals surface area contributed by atoms with Crippen LogP contribution in [-0.4, -0.2) is 88.9 Å². The largest absolute Gasteiger partial charge is 0.391 e. The fourth-order valence-electron chi connectivity index (χ4n) is 4.41. The number of rotatable bonds is 16. The van der Waals surface area contributed by atoms with Crippen molar-refractivity contribution < 1.29 is 33.8 Å². The number of hydrogen-bond acceptors (Lipinski definition) is 7. The number of likely N-dealkylation sites (N-methyl/N-ethyl adjacent to an activating group) is 1. The van der Waals surface area contributed by atoms with Gasteiger partial charge in [-0.2, -0.15) is 0 Å². The van der Waals surface area contributed by atoms with Gasteiger partial charge in [-0.3, -0.25) is 24.0 Å². The van der Waals surface area contributed by atoms with Crippen LogP contribution in [0.25, 0.3) is 0 Å². The van der Waals surface area contributed by atoms with Gasteiger partial charge >= 0.3 is 0 Å². The molecule has 8 atom stereocenters. The van der Waals surface area contributed by atoms with E-state index in [1.807, 2.05) is 34.6 Å². The molecule has 1 aliphatic heterocycles. The van der Waals surface area contributed by atoms with Gasteiger partial charge < -0.3 is 30.7 Å². The summed E-state index contributed by atoms with van der Waals surface area (Å²) in [4.78, 5) is 66.4. The molecule has 0 bridgehead atoms. The Morgan fingerprint density at radius 3 is 1.77 bits per heavy atom. The normalized spacial score (nSPS) is 21.9. The highest BCUT2D eigenvalue weighted by Crippen LogP contribution is 2.29. The summed E-state index contributed by atoms with van der Waals surface area (Å²) in [6.07, 6.45) is 0.280. The summed E-state index contributed by atoms with van der Waals surface area (Å²) in [7, 11) is 1.55. The van der Waals surface area contributed by atoms with Crippen LogP contribution in [0.4, 0.5) is 0 Å². The number of aliphatic hydroxyl groups excluding tert-OH is 1. The Kier molecular flexibility index (Phi) is 13.0. The number of carbonyl (C=O) groups is 5. The minimum Gasteiger partial charge on any atom is -0.391 e. The van der Waals surface area contributed by atoms with E-state index in [4.69, 9.17) is 4.74 Å². The summed E-state index contributed by atoms with van der Waals surface area (Å²) in [6.45, 7) is 16.0. The van der Waals surface area contributed by atoms with Crippen molar-refractivity contribution in [1.82, 2.24) is 20.9 Å². The first-order valence-corrected chi connectivity index (χ1v) is 14.0. The quantitative estimate of drug-likeness (QED) is 0.209. The highest BCUT2D eigenvalue weighted by Gasteiger charge is 2.50. The zero-order valence-corrected chi connectivity index (χ0v) is 25.3. The maximum absolute atomic E-state index is 13.4. The molecular formula is C28H50N4O7. The number of aliphatic hydroxyl groups is 1. The van der Waals surface area contributed by atoms with Gasteiger partial charge in [-0.15, -0.1) is 0 Å². The number of Topliss-reactive ketones (excluding diaryl/α,β-unsaturated/α-hetero) is 1. The highest BCUT2D eigenvalue weighted by molar-refractivity contribution is 5.99. The predicted molar refractivity (Wildman–Crippen MR) is 147 cm³/mol. The molecule has 39 heavy (non-hydrogen) atoms. The average Bonchev–Trinajstić information content (AvgIpc) is 3.61.